The first-order valence-corrected chi connectivity index (χ1v) is 6.66. The van der Waals surface area contributed by atoms with Crippen LogP contribution in [0.1, 0.15) is 29.8 Å². The van der Waals surface area contributed by atoms with Gasteiger partial charge in [0.1, 0.15) is 11.5 Å². The highest BCUT2D eigenvalue weighted by Gasteiger charge is 2.18. The molecule has 0 saturated heterocycles. The van der Waals surface area contributed by atoms with Crippen molar-refractivity contribution >= 4 is 0 Å². The molecule has 20 heavy (non-hydrogen) atoms. The molecule has 0 aliphatic rings. The Bertz CT molecular complexity index is 493. The molecule has 1 unspecified atom stereocenters. The Balaban J connectivity index is 2.07. The molecular weight excluding hydrogens is 258 g/mol. The number of nitrogens with zero attached hydrogens (tertiary/aromatic N) is 3. The summed E-state index contributed by atoms with van der Waals surface area (Å²) in [5.41, 5.74) is 1.82. The van der Waals surface area contributed by atoms with Crippen LogP contribution in [-0.2, 0) is 17.8 Å². The Morgan fingerprint density at radius 1 is 1.10 bits per heavy atom. The van der Waals surface area contributed by atoms with E-state index < -0.39 is 0 Å². The maximum absolute atomic E-state index is 5.24. The Morgan fingerprint density at radius 3 is 1.95 bits per heavy atom. The van der Waals surface area contributed by atoms with E-state index in [0.29, 0.717) is 19.7 Å². The summed E-state index contributed by atoms with van der Waals surface area (Å²) in [5, 5.41) is 8.09. The standard InChI is InChI=1S/C14H21N3O3/c1-10(9-18-4)17(7-13-5-11(2)19-15-13)8-14-6-12(3)20-16-14/h5-6,10H,7-9H2,1-4H3. The summed E-state index contributed by atoms with van der Waals surface area (Å²) in [7, 11) is 1.70. The largest absolute Gasteiger partial charge is 0.383 e. The maximum atomic E-state index is 5.24. The molecule has 6 nitrogen and oxygen atoms in total. The average Bonchev–Trinajstić information content (AvgIpc) is 2.98. The number of aryl methyl sites for hydroxylation is 2. The Hall–Kier alpha value is -1.66. The summed E-state index contributed by atoms with van der Waals surface area (Å²) >= 11 is 0. The molecule has 0 amide bonds. The zero-order valence-corrected chi connectivity index (χ0v) is 12.4. The van der Waals surface area contributed by atoms with Crippen molar-refractivity contribution in [2.75, 3.05) is 13.7 Å². The molecule has 0 bridgehead atoms. The van der Waals surface area contributed by atoms with Gasteiger partial charge >= 0.3 is 0 Å². The fourth-order valence-corrected chi connectivity index (χ4v) is 2.12. The van der Waals surface area contributed by atoms with Gasteiger partial charge in [-0.1, -0.05) is 10.3 Å². The SMILES string of the molecule is COCC(C)N(Cc1cc(C)on1)Cc1cc(C)on1. The predicted octanol–water partition coefficient (Wildman–Crippen LogP) is 2.32. The van der Waals surface area contributed by atoms with Crippen LogP contribution < -0.4 is 0 Å². The van der Waals surface area contributed by atoms with Gasteiger partial charge in [0, 0.05) is 38.4 Å². The van der Waals surface area contributed by atoms with Crippen molar-refractivity contribution in [2.24, 2.45) is 0 Å². The molecule has 0 N–H and O–H groups in total. The number of hydrogen-bond acceptors (Lipinski definition) is 6. The lowest BCUT2D eigenvalue weighted by Gasteiger charge is -2.26. The summed E-state index contributed by atoms with van der Waals surface area (Å²) in [6, 6.07) is 4.13. The normalized spacial score (nSPS) is 13.1. The molecule has 0 fully saturated rings. The molecule has 0 aliphatic heterocycles. The molecule has 2 heterocycles. The van der Waals surface area contributed by atoms with Crippen LogP contribution in [0.2, 0.25) is 0 Å². The second kappa shape index (κ2) is 6.67. The van der Waals surface area contributed by atoms with Crippen LogP contribution in [0.3, 0.4) is 0 Å². The van der Waals surface area contributed by atoms with Crippen molar-refractivity contribution in [1.29, 1.82) is 0 Å². The zero-order valence-electron chi connectivity index (χ0n) is 12.4. The van der Waals surface area contributed by atoms with Gasteiger partial charge in [-0.3, -0.25) is 4.90 Å². The van der Waals surface area contributed by atoms with Crippen LogP contribution in [-0.4, -0.2) is 35.0 Å². The molecular formula is C14H21N3O3. The van der Waals surface area contributed by atoms with E-state index in [1.807, 2.05) is 26.0 Å². The molecule has 2 rings (SSSR count). The topological polar surface area (TPSA) is 64.5 Å². The molecule has 2 aromatic heterocycles. The number of aromatic nitrogens is 2. The van der Waals surface area contributed by atoms with Gasteiger partial charge in [-0.15, -0.1) is 0 Å². The number of hydrogen-bond donors (Lipinski definition) is 0. The fraction of sp³-hybridized carbons (Fsp3) is 0.571. The van der Waals surface area contributed by atoms with Crippen molar-refractivity contribution in [3.8, 4) is 0 Å². The van der Waals surface area contributed by atoms with Gasteiger partial charge in [-0.05, 0) is 20.8 Å². The average molecular weight is 279 g/mol. The third-order valence-electron chi connectivity index (χ3n) is 3.11. The van der Waals surface area contributed by atoms with Crippen LogP contribution in [0.4, 0.5) is 0 Å². The first-order valence-electron chi connectivity index (χ1n) is 6.66. The number of methoxy groups -OCH3 is 1. The monoisotopic (exact) mass is 279 g/mol. The lowest BCUT2D eigenvalue weighted by molar-refractivity contribution is 0.0863. The highest BCUT2D eigenvalue weighted by atomic mass is 16.5. The second-order valence-corrected chi connectivity index (χ2v) is 5.07. The molecule has 110 valence electrons. The summed E-state index contributed by atoms with van der Waals surface area (Å²) in [6.45, 7) is 7.92. The second-order valence-electron chi connectivity index (χ2n) is 5.07. The molecule has 0 aliphatic carbocycles. The van der Waals surface area contributed by atoms with E-state index in [0.717, 1.165) is 22.9 Å². The van der Waals surface area contributed by atoms with Crippen molar-refractivity contribution in [3.05, 3.63) is 35.0 Å². The van der Waals surface area contributed by atoms with Crippen molar-refractivity contribution in [1.82, 2.24) is 15.2 Å². The van der Waals surface area contributed by atoms with E-state index in [-0.39, 0.29) is 6.04 Å². The first kappa shape index (κ1) is 14.7. The molecule has 6 heteroatoms. The maximum Gasteiger partial charge on any atom is 0.133 e. The quantitative estimate of drug-likeness (QED) is 0.775. The molecule has 0 spiro atoms. The lowest BCUT2D eigenvalue weighted by atomic mass is 10.2. The van der Waals surface area contributed by atoms with E-state index in [1.54, 1.807) is 7.11 Å². The summed E-state index contributed by atoms with van der Waals surface area (Å²) < 4.78 is 15.5. The highest BCUT2D eigenvalue weighted by molar-refractivity contribution is 5.06. The van der Waals surface area contributed by atoms with Crippen molar-refractivity contribution in [2.45, 2.75) is 39.9 Å². The fourth-order valence-electron chi connectivity index (χ4n) is 2.12. The van der Waals surface area contributed by atoms with Crippen LogP contribution in [0, 0.1) is 13.8 Å². The predicted molar refractivity (Wildman–Crippen MR) is 73.1 cm³/mol. The van der Waals surface area contributed by atoms with Crippen LogP contribution in [0.25, 0.3) is 0 Å². The molecule has 0 radical (unpaired) electrons. The van der Waals surface area contributed by atoms with E-state index in [2.05, 4.69) is 22.1 Å². The summed E-state index contributed by atoms with van der Waals surface area (Å²) in [5.74, 6) is 1.63. The minimum atomic E-state index is 0.244. The van der Waals surface area contributed by atoms with E-state index in [9.17, 15) is 0 Å². The number of ether oxygens (including phenoxy) is 1. The molecule has 2 aromatic rings. The van der Waals surface area contributed by atoms with Gasteiger partial charge in [0.2, 0.25) is 0 Å². The highest BCUT2D eigenvalue weighted by Crippen LogP contribution is 2.14. The van der Waals surface area contributed by atoms with Gasteiger partial charge in [0.25, 0.3) is 0 Å². The third-order valence-corrected chi connectivity index (χ3v) is 3.11. The Kier molecular flexibility index (Phi) is 4.92. The number of rotatable bonds is 7. The van der Waals surface area contributed by atoms with Crippen LogP contribution in [0.5, 0.6) is 0 Å². The first-order chi connectivity index (χ1) is 9.58. The molecule has 0 aromatic carbocycles. The Labute approximate surface area is 118 Å². The van der Waals surface area contributed by atoms with Gasteiger partial charge in [0.15, 0.2) is 0 Å². The van der Waals surface area contributed by atoms with E-state index in [1.165, 1.54) is 0 Å². The smallest absolute Gasteiger partial charge is 0.133 e. The third kappa shape index (κ3) is 3.91. The Morgan fingerprint density at radius 2 is 1.60 bits per heavy atom. The summed E-state index contributed by atoms with van der Waals surface area (Å²) in [4.78, 5) is 2.23. The van der Waals surface area contributed by atoms with Gasteiger partial charge in [0.05, 0.1) is 18.0 Å². The minimum Gasteiger partial charge on any atom is -0.383 e. The van der Waals surface area contributed by atoms with Crippen LogP contribution >= 0.6 is 0 Å². The minimum absolute atomic E-state index is 0.244. The van der Waals surface area contributed by atoms with Gasteiger partial charge in [-0.25, -0.2) is 0 Å². The van der Waals surface area contributed by atoms with Crippen molar-refractivity contribution < 1.29 is 13.8 Å². The van der Waals surface area contributed by atoms with Gasteiger partial charge in [-0.2, -0.15) is 0 Å². The van der Waals surface area contributed by atoms with E-state index in [4.69, 9.17) is 13.8 Å². The van der Waals surface area contributed by atoms with Crippen LogP contribution in [0.15, 0.2) is 21.2 Å². The van der Waals surface area contributed by atoms with Gasteiger partial charge < -0.3 is 13.8 Å². The van der Waals surface area contributed by atoms with E-state index >= 15 is 0 Å². The summed E-state index contributed by atoms with van der Waals surface area (Å²) in [6.07, 6.45) is 0. The molecule has 0 saturated carbocycles. The molecule has 1 atom stereocenters. The van der Waals surface area contributed by atoms with Crippen molar-refractivity contribution in [3.63, 3.8) is 0 Å². The lowest BCUT2D eigenvalue weighted by Crippen LogP contribution is -2.35. The zero-order chi connectivity index (χ0) is 14.5.